The number of rotatable bonds is 7. The molecule has 0 spiro atoms. The first-order valence-electron chi connectivity index (χ1n) is 7.47. The highest BCUT2D eigenvalue weighted by molar-refractivity contribution is 6.32. The number of aliphatic carboxylic acids is 1. The molecule has 0 aliphatic carbocycles. The zero-order chi connectivity index (χ0) is 18.6. The molecule has 2 aromatic rings. The second-order valence-electron chi connectivity index (χ2n) is 5.86. The highest BCUT2D eigenvalue weighted by Crippen LogP contribution is 2.20. The number of halogens is 1. The second-order valence-corrected chi connectivity index (χ2v) is 6.27. The van der Waals surface area contributed by atoms with Crippen LogP contribution in [0, 0.1) is 6.92 Å². The minimum Gasteiger partial charge on any atom is -0.481 e. The van der Waals surface area contributed by atoms with Crippen molar-refractivity contribution >= 4 is 23.5 Å². The number of nitrogens with zero attached hydrogens (tertiary/aromatic N) is 3. The van der Waals surface area contributed by atoms with E-state index in [1.807, 2.05) is 0 Å². The molecule has 1 atom stereocenters. The lowest BCUT2D eigenvalue weighted by Gasteiger charge is -2.27. The average Bonchev–Trinajstić information content (AvgIpc) is 2.89. The standard InChI is InChI=1S/C16H19ClN4O4/c1-10-18-14(20-21(10)12-7-5-4-6-11(12)17)15(24)19-16(2,9-25-3)8-13(22)23/h4-7H,8-9H2,1-3H3,(H,19,24)(H,22,23). The number of hydrogen-bond donors (Lipinski definition) is 2. The van der Waals surface area contributed by atoms with Gasteiger partial charge in [-0.15, -0.1) is 5.10 Å². The van der Waals surface area contributed by atoms with Gasteiger partial charge in [-0.3, -0.25) is 9.59 Å². The van der Waals surface area contributed by atoms with Gasteiger partial charge in [0.05, 0.1) is 29.3 Å². The molecule has 0 saturated heterocycles. The summed E-state index contributed by atoms with van der Waals surface area (Å²) < 4.78 is 6.48. The lowest BCUT2D eigenvalue weighted by molar-refractivity contribution is -0.139. The SMILES string of the molecule is COCC(C)(CC(=O)O)NC(=O)c1nc(C)n(-c2ccccc2Cl)n1. The van der Waals surface area contributed by atoms with Crippen LogP contribution in [-0.2, 0) is 9.53 Å². The van der Waals surface area contributed by atoms with E-state index in [1.165, 1.54) is 11.8 Å². The molecule has 0 fully saturated rings. The summed E-state index contributed by atoms with van der Waals surface area (Å²) in [5, 5.41) is 16.3. The highest BCUT2D eigenvalue weighted by atomic mass is 35.5. The van der Waals surface area contributed by atoms with Crippen molar-refractivity contribution in [1.82, 2.24) is 20.1 Å². The van der Waals surface area contributed by atoms with E-state index in [0.29, 0.717) is 16.5 Å². The highest BCUT2D eigenvalue weighted by Gasteiger charge is 2.31. The summed E-state index contributed by atoms with van der Waals surface area (Å²) in [6, 6.07) is 7.05. The Balaban J connectivity index is 2.27. The molecule has 0 aliphatic rings. The Morgan fingerprint density at radius 2 is 2.08 bits per heavy atom. The van der Waals surface area contributed by atoms with Crippen LogP contribution in [0.25, 0.3) is 5.69 Å². The smallest absolute Gasteiger partial charge is 0.305 e. The average molecular weight is 367 g/mol. The molecule has 9 heteroatoms. The van der Waals surface area contributed by atoms with E-state index in [9.17, 15) is 9.59 Å². The number of amides is 1. The lowest BCUT2D eigenvalue weighted by Crippen LogP contribution is -2.51. The maximum absolute atomic E-state index is 12.5. The molecule has 134 valence electrons. The van der Waals surface area contributed by atoms with Crippen LogP contribution in [-0.4, -0.2) is 51.0 Å². The normalized spacial score (nSPS) is 13.3. The predicted molar refractivity (Wildman–Crippen MR) is 91.1 cm³/mol. The zero-order valence-electron chi connectivity index (χ0n) is 14.1. The van der Waals surface area contributed by atoms with Gasteiger partial charge in [0, 0.05) is 7.11 Å². The molecule has 25 heavy (non-hydrogen) atoms. The molecule has 0 saturated carbocycles. The number of benzene rings is 1. The number of nitrogens with one attached hydrogen (secondary N) is 1. The zero-order valence-corrected chi connectivity index (χ0v) is 14.9. The second kappa shape index (κ2) is 7.62. The quantitative estimate of drug-likeness (QED) is 0.774. The topological polar surface area (TPSA) is 106 Å². The molecule has 8 nitrogen and oxygen atoms in total. The Hall–Kier alpha value is -2.45. The predicted octanol–water partition coefficient (Wildman–Crippen LogP) is 1.84. The molecule has 0 aliphatic heterocycles. The molecule has 1 heterocycles. The fourth-order valence-corrected chi connectivity index (χ4v) is 2.67. The summed E-state index contributed by atoms with van der Waals surface area (Å²) in [4.78, 5) is 27.6. The van der Waals surface area contributed by atoms with Crippen molar-refractivity contribution in [3.8, 4) is 5.69 Å². The van der Waals surface area contributed by atoms with Crippen LogP contribution in [0.5, 0.6) is 0 Å². The van der Waals surface area contributed by atoms with Crippen LogP contribution in [0.3, 0.4) is 0 Å². The van der Waals surface area contributed by atoms with Gasteiger partial charge >= 0.3 is 5.97 Å². The number of aromatic nitrogens is 3. The maximum atomic E-state index is 12.5. The van der Waals surface area contributed by atoms with Crippen LogP contribution < -0.4 is 5.32 Å². The summed E-state index contributed by atoms with van der Waals surface area (Å²) in [7, 11) is 1.43. The largest absolute Gasteiger partial charge is 0.481 e. The molecule has 1 aromatic carbocycles. The molecular formula is C16H19ClN4O4. The number of ether oxygens (including phenoxy) is 1. The van der Waals surface area contributed by atoms with Gasteiger partial charge in [0.1, 0.15) is 5.82 Å². The summed E-state index contributed by atoms with van der Waals surface area (Å²) in [5.74, 6) is -1.24. The molecule has 2 rings (SSSR count). The molecule has 0 bridgehead atoms. The lowest BCUT2D eigenvalue weighted by atomic mass is 9.99. The van der Waals surface area contributed by atoms with Crippen LogP contribution in [0.15, 0.2) is 24.3 Å². The number of carbonyl (C=O) groups excluding carboxylic acids is 1. The van der Waals surface area contributed by atoms with Crippen molar-refractivity contribution in [2.75, 3.05) is 13.7 Å². The van der Waals surface area contributed by atoms with Crippen LogP contribution in [0.1, 0.15) is 29.8 Å². The summed E-state index contributed by atoms with van der Waals surface area (Å²) in [5.41, 5.74) is -0.486. The van der Waals surface area contributed by atoms with Gasteiger partial charge in [0.25, 0.3) is 5.91 Å². The van der Waals surface area contributed by atoms with E-state index in [-0.39, 0.29) is 18.9 Å². The number of carboxylic acid groups (broad SMARTS) is 1. The van der Waals surface area contributed by atoms with Gasteiger partial charge in [-0.1, -0.05) is 23.7 Å². The Morgan fingerprint density at radius 1 is 1.40 bits per heavy atom. The fourth-order valence-electron chi connectivity index (χ4n) is 2.45. The van der Waals surface area contributed by atoms with Crippen molar-refractivity contribution in [2.24, 2.45) is 0 Å². The van der Waals surface area contributed by atoms with E-state index < -0.39 is 17.4 Å². The van der Waals surface area contributed by atoms with Crippen LogP contribution in [0.2, 0.25) is 5.02 Å². The van der Waals surface area contributed by atoms with Crippen LogP contribution in [0.4, 0.5) is 0 Å². The third-order valence-electron chi connectivity index (χ3n) is 3.47. The Labute approximate surface area is 149 Å². The third kappa shape index (κ3) is 4.55. The van der Waals surface area contributed by atoms with Crippen molar-refractivity contribution in [3.05, 3.63) is 40.9 Å². The first kappa shape index (κ1) is 18.9. The Bertz CT molecular complexity index is 792. The first-order chi connectivity index (χ1) is 11.8. The van der Waals surface area contributed by atoms with Gasteiger partial charge < -0.3 is 15.2 Å². The van der Waals surface area contributed by atoms with Gasteiger partial charge in [-0.25, -0.2) is 9.67 Å². The van der Waals surface area contributed by atoms with E-state index in [4.69, 9.17) is 21.4 Å². The summed E-state index contributed by atoms with van der Waals surface area (Å²) in [6.07, 6.45) is -0.295. The monoisotopic (exact) mass is 366 g/mol. The molecule has 2 N–H and O–H groups in total. The van der Waals surface area contributed by atoms with Crippen molar-refractivity contribution < 1.29 is 19.4 Å². The first-order valence-corrected chi connectivity index (χ1v) is 7.85. The number of carbonyl (C=O) groups is 2. The van der Waals surface area contributed by atoms with Crippen LogP contribution >= 0.6 is 11.6 Å². The molecule has 1 unspecified atom stereocenters. The van der Waals surface area contributed by atoms with E-state index in [1.54, 1.807) is 38.1 Å². The van der Waals surface area contributed by atoms with E-state index in [2.05, 4.69) is 15.4 Å². The maximum Gasteiger partial charge on any atom is 0.305 e. The Morgan fingerprint density at radius 3 is 2.68 bits per heavy atom. The van der Waals surface area contributed by atoms with Crippen molar-refractivity contribution in [1.29, 1.82) is 0 Å². The number of aryl methyl sites for hydroxylation is 1. The number of para-hydroxylation sites is 1. The fraction of sp³-hybridized carbons (Fsp3) is 0.375. The number of hydrogen-bond acceptors (Lipinski definition) is 5. The van der Waals surface area contributed by atoms with Gasteiger partial charge in [0.15, 0.2) is 0 Å². The summed E-state index contributed by atoms with van der Waals surface area (Å²) in [6.45, 7) is 3.31. The molecular weight excluding hydrogens is 348 g/mol. The van der Waals surface area contributed by atoms with Crippen molar-refractivity contribution in [2.45, 2.75) is 25.8 Å². The number of carboxylic acids is 1. The van der Waals surface area contributed by atoms with E-state index in [0.717, 1.165) is 0 Å². The minimum atomic E-state index is -1.08. The number of methoxy groups -OCH3 is 1. The molecule has 1 aromatic heterocycles. The Kier molecular flexibility index (Phi) is 5.76. The van der Waals surface area contributed by atoms with Gasteiger partial charge in [-0.2, -0.15) is 0 Å². The van der Waals surface area contributed by atoms with Crippen molar-refractivity contribution in [3.63, 3.8) is 0 Å². The minimum absolute atomic E-state index is 0.0369. The summed E-state index contributed by atoms with van der Waals surface area (Å²) >= 11 is 6.15. The third-order valence-corrected chi connectivity index (χ3v) is 3.79. The van der Waals surface area contributed by atoms with Gasteiger partial charge in [-0.05, 0) is 26.0 Å². The molecule has 0 radical (unpaired) electrons. The van der Waals surface area contributed by atoms with E-state index >= 15 is 0 Å². The molecule has 1 amide bonds. The van der Waals surface area contributed by atoms with Gasteiger partial charge in [0.2, 0.25) is 5.82 Å².